The smallest absolute Gasteiger partial charge is 0.253 e. The van der Waals surface area contributed by atoms with Gasteiger partial charge in [0.1, 0.15) is 6.04 Å². The minimum Gasteiger partial charge on any atom is -0.355 e. The lowest BCUT2D eigenvalue weighted by Gasteiger charge is -2.22. The predicted octanol–water partition coefficient (Wildman–Crippen LogP) is -0.465. The molecule has 1 saturated heterocycles. The van der Waals surface area contributed by atoms with E-state index in [1.807, 2.05) is 0 Å². The fraction of sp³-hybridized carbons (Fsp3) is 0.500. The van der Waals surface area contributed by atoms with E-state index in [9.17, 15) is 18.0 Å². The number of hydrogen-bond acceptors (Lipinski definition) is 5. The molecule has 0 aliphatic carbocycles. The highest BCUT2D eigenvalue weighted by Crippen LogP contribution is 2.14. The molecule has 25 heavy (non-hydrogen) atoms. The quantitative estimate of drug-likeness (QED) is 0.603. The Balaban J connectivity index is 2.07. The van der Waals surface area contributed by atoms with E-state index in [4.69, 9.17) is 0 Å². The van der Waals surface area contributed by atoms with Gasteiger partial charge in [-0.05, 0) is 44.2 Å². The van der Waals surface area contributed by atoms with Crippen molar-refractivity contribution in [1.82, 2.24) is 20.3 Å². The van der Waals surface area contributed by atoms with Crippen LogP contribution in [0.1, 0.15) is 23.2 Å². The van der Waals surface area contributed by atoms with Crippen LogP contribution in [-0.4, -0.2) is 64.9 Å². The summed E-state index contributed by atoms with van der Waals surface area (Å²) in [5.74, 6) is -0.494. The Morgan fingerprint density at radius 1 is 1.32 bits per heavy atom. The van der Waals surface area contributed by atoms with E-state index < -0.39 is 16.1 Å². The number of likely N-dealkylation sites (N-methyl/N-ethyl adjacent to an activating group) is 2. The summed E-state index contributed by atoms with van der Waals surface area (Å²) in [4.78, 5) is 25.6. The van der Waals surface area contributed by atoms with E-state index >= 15 is 0 Å². The molecule has 8 nitrogen and oxygen atoms in total. The van der Waals surface area contributed by atoms with Crippen molar-refractivity contribution in [3.8, 4) is 0 Å². The molecule has 2 rings (SSSR count). The van der Waals surface area contributed by atoms with Crippen LogP contribution in [0.4, 0.5) is 0 Å². The van der Waals surface area contributed by atoms with Gasteiger partial charge in [-0.3, -0.25) is 9.59 Å². The van der Waals surface area contributed by atoms with Gasteiger partial charge in [-0.2, -0.15) is 4.72 Å². The van der Waals surface area contributed by atoms with Gasteiger partial charge < -0.3 is 15.5 Å². The van der Waals surface area contributed by atoms with Gasteiger partial charge in [0.05, 0.1) is 4.90 Å². The molecule has 0 saturated carbocycles. The number of benzene rings is 1. The maximum Gasteiger partial charge on any atom is 0.253 e. The molecule has 1 atom stereocenters. The minimum absolute atomic E-state index is 0.0281. The average Bonchev–Trinajstić information content (AvgIpc) is 2.61. The van der Waals surface area contributed by atoms with Crippen molar-refractivity contribution in [2.24, 2.45) is 0 Å². The van der Waals surface area contributed by atoms with Crippen molar-refractivity contribution < 1.29 is 18.0 Å². The number of nitrogens with one attached hydrogen (secondary N) is 3. The van der Waals surface area contributed by atoms with E-state index in [2.05, 4.69) is 15.4 Å². The number of carbonyl (C=O) groups excluding carboxylic acids is 2. The summed E-state index contributed by atoms with van der Waals surface area (Å²) in [6.07, 6.45) is 1.20. The number of hydrogen-bond donors (Lipinski definition) is 3. The first kappa shape index (κ1) is 19.4. The van der Waals surface area contributed by atoms with Crippen molar-refractivity contribution >= 4 is 21.8 Å². The maximum atomic E-state index is 12.4. The number of rotatable bonds is 7. The van der Waals surface area contributed by atoms with Gasteiger partial charge >= 0.3 is 0 Å². The molecule has 1 aliphatic heterocycles. The van der Waals surface area contributed by atoms with Crippen LogP contribution < -0.4 is 15.4 Å². The second kappa shape index (κ2) is 8.41. The van der Waals surface area contributed by atoms with E-state index in [1.54, 1.807) is 19.0 Å². The molecule has 1 aromatic rings. The van der Waals surface area contributed by atoms with Crippen LogP contribution in [0.15, 0.2) is 29.2 Å². The van der Waals surface area contributed by atoms with E-state index in [1.165, 1.54) is 24.3 Å². The largest absolute Gasteiger partial charge is 0.355 e. The van der Waals surface area contributed by atoms with E-state index in [-0.39, 0.29) is 16.7 Å². The molecular weight excluding hydrogens is 344 g/mol. The number of amides is 2. The normalized spacial score (nSPS) is 17.8. The zero-order chi connectivity index (χ0) is 18.4. The van der Waals surface area contributed by atoms with Crippen molar-refractivity contribution in [1.29, 1.82) is 0 Å². The van der Waals surface area contributed by atoms with Crippen LogP contribution in [0.25, 0.3) is 0 Å². The lowest BCUT2D eigenvalue weighted by atomic mass is 10.1. The lowest BCUT2D eigenvalue weighted by Crippen LogP contribution is -2.50. The second-order valence-corrected chi connectivity index (χ2v) is 7.68. The molecule has 1 heterocycles. The molecule has 1 unspecified atom stereocenters. The third kappa shape index (κ3) is 5.00. The standard InChI is InChI=1S/C16H24N4O4S/c1-17-10-11-20(2)16(22)12-5-7-13(8-6-12)25(23,24)19-14-4-3-9-18-15(14)21/h5-8,14,17,19H,3-4,9-11H2,1-2H3,(H,18,21). The van der Waals surface area contributed by atoms with Crippen LogP contribution in [-0.2, 0) is 14.8 Å². The van der Waals surface area contributed by atoms with Gasteiger partial charge in [-0.1, -0.05) is 0 Å². The Bertz CT molecular complexity index is 718. The van der Waals surface area contributed by atoms with Crippen LogP contribution >= 0.6 is 0 Å². The second-order valence-electron chi connectivity index (χ2n) is 5.96. The monoisotopic (exact) mass is 368 g/mol. The van der Waals surface area contributed by atoms with Crippen molar-refractivity contribution in [3.05, 3.63) is 29.8 Å². The van der Waals surface area contributed by atoms with E-state index in [0.29, 0.717) is 31.6 Å². The third-order valence-electron chi connectivity index (χ3n) is 4.04. The molecule has 138 valence electrons. The Hall–Kier alpha value is -1.97. The molecule has 0 radical (unpaired) electrons. The summed E-state index contributed by atoms with van der Waals surface area (Å²) in [6.45, 7) is 1.78. The Morgan fingerprint density at radius 3 is 2.60 bits per heavy atom. The fourth-order valence-corrected chi connectivity index (χ4v) is 3.75. The first-order chi connectivity index (χ1) is 11.8. The number of sulfonamides is 1. The Kier molecular flexibility index (Phi) is 6.51. The van der Waals surface area contributed by atoms with Gasteiger partial charge in [-0.25, -0.2) is 8.42 Å². The van der Waals surface area contributed by atoms with Crippen LogP contribution in [0.5, 0.6) is 0 Å². The van der Waals surface area contributed by atoms with Gasteiger partial charge in [0, 0.05) is 32.2 Å². The van der Waals surface area contributed by atoms with Crippen molar-refractivity contribution in [2.75, 3.05) is 33.7 Å². The Labute approximate surface area is 148 Å². The van der Waals surface area contributed by atoms with Crippen molar-refractivity contribution in [3.63, 3.8) is 0 Å². The first-order valence-electron chi connectivity index (χ1n) is 8.15. The molecule has 2 amide bonds. The molecule has 0 spiro atoms. The summed E-state index contributed by atoms with van der Waals surface area (Å²) in [6, 6.07) is 4.96. The molecule has 3 N–H and O–H groups in total. The summed E-state index contributed by atoms with van der Waals surface area (Å²) < 4.78 is 27.2. The van der Waals surface area contributed by atoms with Crippen LogP contribution in [0, 0.1) is 0 Å². The maximum absolute atomic E-state index is 12.4. The van der Waals surface area contributed by atoms with Gasteiger partial charge in [0.2, 0.25) is 15.9 Å². The Morgan fingerprint density at radius 2 is 2.00 bits per heavy atom. The van der Waals surface area contributed by atoms with Gasteiger partial charge in [0.15, 0.2) is 0 Å². The molecule has 9 heteroatoms. The zero-order valence-corrected chi connectivity index (χ0v) is 15.2. The number of nitrogens with zero attached hydrogens (tertiary/aromatic N) is 1. The highest BCUT2D eigenvalue weighted by atomic mass is 32.2. The number of piperidine rings is 1. The van der Waals surface area contributed by atoms with Gasteiger partial charge in [-0.15, -0.1) is 0 Å². The summed E-state index contributed by atoms with van der Waals surface area (Å²) in [7, 11) is -0.324. The summed E-state index contributed by atoms with van der Waals surface area (Å²) in [5.41, 5.74) is 0.410. The topological polar surface area (TPSA) is 108 Å². The first-order valence-corrected chi connectivity index (χ1v) is 9.63. The summed E-state index contributed by atoms with van der Waals surface area (Å²) in [5, 5.41) is 5.60. The van der Waals surface area contributed by atoms with Crippen LogP contribution in [0.2, 0.25) is 0 Å². The third-order valence-corrected chi connectivity index (χ3v) is 5.53. The minimum atomic E-state index is -3.82. The molecular formula is C16H24N4O4S. The van der Waals surface area contributed by atoms with Crippen LogP contribution in [0.3, 0.4) is 0 Å². The lowest BCUT2D eigenvalue weighted by molar-refractivity contribution is -0.124. The van der Waals surface area contributed by atoms with Crippen molar-refractivity contribution in [2.45, 2.75) is 23.8 Å². The number of carbonyl (C=O) groups is 2. The summed E-state index contributed by atoms with van der Waals surface area (Å²) >= 11 is 0. The SMILES string of the molecule is CNCCN(C)C(=O)c1ccc(S(=O)(=O)NC2CCCNC2=O)cc1. The molecule has 0 aromatic heterocycles. The zero-order valence-electron chi connectivity index (χ0n) is 14.4. The molecule has 0 bridgehead atoms. The average molecular weight is 368 g/mol. The molecule has 1 aromatic carbocycles. The predicted molar refractivity (Wildman–Crippen MR) is 93.7 cm³/mol. The molecule has 1 aliphatic rings. The fourth-order valence-electron chi connectivity index (χ4n) is 2.52. The molecule has 1 fully saturated rings. The van der Waals surface area contributed by atoms with E-state index in [0.717, 1.165) is 6.42 Å². The highest BCUT2D eigenvalue weighted by molar-refractivity contribution is 7.89. The highest BCUT2D eigenvalue weighted by Gasteiger charge is 2.27. The van der Waals surface area contributed by atoms with Gasteiger partial charge in [0.25, 0.3) is 5.91 Å².